The second-order valence-corrected chi connectivity index (χ2v) is 6.95. The highest BCUT2D eigenvalue weighted by molar-refractivity contribution is 5.94. The van der Waals surface area contributed by atoms with Crippen LogP contribution >= 0.6 is 0 Å². The second kappa shape index (κ2) is 10.2. The molecule has 3 rings (SSSR count). The number of nitrogens with zero attached hydrogens (tertiary/aromatic N) is 2. The molecule has 0 bridgehead atoms. The van der Waals surface area contributed by atoms with Gasteiger partial charge >= 0.3 is 0 Å². The van der Waals surface area contributed by atoms with Crippen molar-refractivity contribution >= 4 is 17.9 Å². The van der Waals surface area contributed by atoms with Gasteiger partial charge in [0.15, 0.2) is 0 Å². The molecule has 154 valence electrons. The van der Waals surface area contributed by atoms with E-state index in [1.54, 1.807) is 25.3 Å². The third-order valence-electron chi connectivity index (χ3n) is 4.77. The fraction of sp³-hybridized carbons (Fsp3) is 0.208. The summed E-state index contributed by atoms with van der Waals surface area (Å²) < 4.78 is 1.89. The molecule has 3 aromatic rings. The lowest BCUT2D eigenvalue weighted by Crippen LogP contribution is -2.22. The summed E-state index contributed by atoms with van der Waals surface area (Å²) in [7, 11) is 1.59. The Morgan fingerprint density at radius 3 is 2.50 bits per heavy atom. The molecule has 6 nitrogen and oxygen atoms in total. The van der Waals surface area contributed by atoms with Crippen molar-refractivity contribution in [3.63, 3.8) is 0 Å². The van der Waals surface area contributed by atoms with Gasteiger partial charge in [-0.05, 0) is 61.2 Å². The van der Waals surface area contributed by atoms with Crippen LogP contribution in [0.2, 0.25) is 0 Å². The molecule has 0 aliphatic heterocycles. The predicted molar refractivity (Wildman–Crippen MR) is 118 cm³/mol. The number of benzene rings is 2. The van der Waals surface area contributed by atoms with Crippen molar-refractivity contribution in [3.05, 3.63) is 89.3 Å². The van der Waals surface area contributed by atoms with Gasteiger partial charge in [-0.15, -0.1) is 0 Å². The van der Waals surface area contributed by atoms with Gasteiger partial charge in [0.05, 0.1) is 11.4 Å². The lowest BCUT2D eigenvalue weighted by molar-refractivity contribution is -0.116. The number of hydrogen-bond acceptors (Lipinski definition) is 3. The number of carbonyl (C=O) groups excluding carboxylic acids is 2. The molecule has 0 saturated carbocycles. The van der Waals surface area contributed by atoms with Crippen LogP contribution in [0.5, 0.6) is 0 Å². The maximum Gasteiger partial charge on any atom is 0.251 e. The molecular weight excluding hydrogens is 376 g/mol. The van der Waals surface area contributed by atoms with E-state index in [0.717, 1.165) is 29.8 Å². The van der Waals surface area contributed by atoms with E-state index < -0.39 is 0 Å². The van der Waals surface area contributed by atoms with Gasteiger partial charge in [0.1, 0.15) is 0 Å². The summed E-state index contributed by atoms with van der Waals surface area (Å²) in [5, 5.41) is 10.1. The van der Waals surface area contributed by atoms with Crippen molar-refractivity contribution < 1.29 is 9.59 Å². The SMILES string of the molecule is CNC(=O)c1ccc(/C=C/C(=O)NCCCc2cn(-c3ccccc3)nc2C)cc1. The zero-order chi connectivity index (χ0) is 21.3. The van der Waals surface area contributed by atoms with Gasteiger partial charge in [0.25, 0.3) is 5.91 Å². The number of aromatic nitrogens is 2. The standard InChI is InChI=1S/C24H26N4O2/c1-18-21(17-28(27-18)22-8-4-3-5-9-22)7-6-16-26-23(29)15-12-19-10-13-20(14-11-19)24(30)25-2/h3-5,8-15,17H,6-7,16H2,1-2H3,(H,25,30)(H,26,29)/b15-12+. The van der Waals surface area contributed by atoms with E-state index in [1.165, 1.54) is 11.6 Å². The first-order chi connectivity index (χ1) is 14.6. The minimum Gasteiger partial charge on any atom is -0.355 e. The minimum atomic E-state index is -0.137. The molecule has 0 radical (unpaired) electrons. The summed E-state index contributed by atoms with van der Waals surface area (Å²) in [6, 6.07) is 17.1. The van der Waals surface area contributed by atoms with Crippen molar-refractivity contribution in [2.24, 2.45) is 0 Å². The Morgan fingerprint density at radius 2 is 1.80 bits per heavy atom. The van der Waals surface area contributed by atoms with Gasteiger partial charge in [-0.25, -0.2) is 4.68 Å². The average molecular weight is 402 g/mol. The van der Waals surface area contributed by atoms with Crippen LogP contribution in [0.1, 0.15) is 33.6 Å². The molecule has 0 fully saturated rings. The quantitative estimate of drug-likeness (QED) is 0.448. The van der Waals surface area contributed by atoms with Crippen LogP contribution in [-0.4, -0.2) is 35.2 Å². The third-order valence-corrected chi connectivity index (χ3v) is 4.77. The van der Waals surface area contributed by atoms with Crippen LogP contribution in [0, 0.1) is 6.92 Å². The molecule has 2 aromatic carbocycles. The first kappa shape index (κ1) is 21.0. The van der Waals surface area contributed by atoms with Crippen molar-refractivity contribution in [2.75, 3.05) is 13.6 Å². The van der Waals surface area contributed by atoms with Crippen molar-refractivity contribution in [1.29, 1.82) is 0 Å². The zero-order valence-corrected chi connectivity index (χ0v) is 17.3. The molecule has 0 spiro atoms. The minimum absolute atomic E-state index is 0.132. The molecule has 0 atom stereocenters. The van der Waals surface area contributed by atoms with Gasteiger partial charge in [-0.3, -0.25) is 9.59 Å². The highest BCUT2D eigenvalue weighted by atomic mass is 16.2. The number of aryl methyl sites for hydroxylation is 2. The molecule has 0 aliphatic carbocycles. The first-order valence-corrected chi connectivity index (χ1v) is 9.95. The van der Waals surface area contributed by atoms with E-state index in [-0.39, 0.29) is 11.8 Å². The van der Waals surface area contributed by atoms with Crippen LogP contribution in [-0.2, 0) is 11.2 Å². The van der Waals surface area contributed by atoms with E-state index in [0.29, 0.717) is 12.1 Å². The Balaban J connectivity index is 1.44. The van der Waals surface area contributed by atoms with E-state index in [2.05, 4.69) is 21.9 Å². The second-order valence-electron chi connectivity index (χ2n) is 6.95. The largest absolute Gasteiger partial charge is 0.355 e. The fourth-order valence-electron chi connectivity index (χ4n) is 3.07. The van der Waals surface area contributed by atoms with Crippen molar-refractivity contribution in [1.82, 2.24) is 20.4 Å². The number of nitrogens with one attached hydrogen (secondary N) is 2. The maximum absolute atomic E-state index is 12.0. The Morgan fingerprint density at radius 1 is 1.07 bits per heavy atom. The van der Waals surface area contributed by atoms with Crippen LogP contribution < -0.4 is 10.6 Å². The van der Waals surface area contributed by atoms with Crippen LogP contribution in [0.25, 0.3) is 11.8 Å². The zero-order valence-electron chi connectivity index (χ0n) is 17.3. The molecule has 1 heterocycles. The van der Waals surface area contributed by atoms with Gasteiger partial charge < -0.3 is 10.6 Å². The average Bonchev–Trinajstić information content (AvgIpc) is 3.16. The predicted octanol–water partition coefficient (Wildman–Crippen LogP) is 3.30. The van der Waals surface area contributed by atoms with Crippen LogP contribution in [0.3, 0.4) is 0 Å². The molecular formula is C24H26N4O2. The Kier molecular flexibility index (Phi) is 7.16. The number of rotatable bonds is 8. The summed E-state index contributed by atoms with van der Waals surface area (Å²) in [5.41, 5.74) is 4.67. The number of carbonyl (C=O) groups is 2. The summed E-state index contributed by atoms with van der Waals surface area (Å²) in [6.45, 7) is 2.60. The normalized spacial score (nSPS) is 10.9. The van der Waals surface area contributed by atoms with E-state index in [9.17, 15) is 9.59 Å². The van der Waals surface area contributed by atoms with Gasteiger partial charge in [-0.2, -0.15) is 5.10 Å². The molecule has 30 heavy (non-hydrogen) atoms. The van der Waals surface area contributed by atoms with Gasteiger partial charge in [0, 0.05) is 31.4 Å². The maximum atomic E-state index is 12.0. The number of amides is 2. The molecule has 2 amide bonds. The van der Waals surface area contributed by atoms with Gasteiger partial charge in [-0.1, -0.05) is 30.3 Å². The highest BCUT2D eigenvalue weighted by Gasteiger charge is 2.06. The van der Waals surface area contributed by atoms with Crippen molar-refractivity contribution in [3.8, 4) is 5.69 Å². The van der Waals surface area contributed by atoms with Crippen LogP contribution in [0.15, 0.2) is 66.9 Å². The summed E-state index contributed by atoms with van der Waals surface area (Å²) in [6.07, 6.45) is 6.98. The highest BCUT2D eigenvalue weighted by Crippen LogP contribution is 2.13. The Bertz CT molecular complexity index is 1020. The molecule has 2 N–H and O–H groups in total. The number of para-hydroxylation sites is 1. The van der Waals surface area contributed by atoms with E-state index in [4.69, 9.17) is 0 Å². The van der Waals surface area contributed by atoms with Crippen molar-refractivity contribution in [2.45, 2.75) is 19.8 Å². The van der Waals surface area contributed by atoms with E-state index in [1.807, 2.05) is 54.1 Å². The summed E-state index contributed by atoms with van der Waals surface area (Å²) in [5.74, 6) is -0.269. The topological polar surface area (TPSA) is 76.0 Å². The first-order valence-electron chi connectivity index (χ1n) is 9.95. The smallest absolute Gasteiger partial charge is 0.251 e. The molecule has 6 heteroatoms. The Hall–Kier alpha value is -3.67. The van der Waals surface area contributed by atoms with Gasteiger partial charge in [0.2, 0.25) is 5.91 Å². The van der Waals surface area contributed by atoms with E-state index >= 15 is 0 Å². The van der Waals surface area contributed by atoms with Crippen LogP contribution in [0.4, 0.5) is 0 Å². The molecule has 0 saturated heterocycles. The monoisotopic (exact) mass is 402 g/mol. The molecule has 0 aliphatic rings. The lowest BCUT2D eigenvalue weighted by Gasteiger charge is -2.02. The lowest BCUT2D eigenvalue weighted by atomic mass is 10.1. The third kappa shape index (κ3) is 5.67. The molecule has 0 unspecified atom stereocenters. The summed E-state index contributed by atoms with van der Waals surface area (Å²) in [4.78, 5) is 23.6. The Labute approximate surface area is 176 Å². The molecule has 1 aromatic heterocycles. The number of hydrogen-bond donors (Lipinski definition) is 2. The summed E-state index contributed by atoms with van der Waals surface area (Å²) >= 11 is 0. The fourth-order valence-corrected chi connectivity index (χ4v) is 3.07.